The van der Waals surface area contributed by atoms with E-state index in [9.17, 15) is 4.79 Å². The molecule has 0 aliphatic carbocycles. The van der Waals surface area contributed by atoms with Crippen LogP contribution in [0, 0.1) is 0 Å². The molecule has 0 fully saturated rings. The lowest BCUT2D eigenvalue weighted by Crippen LogP contribution is -2.17. The lowest BCUT2D eigenvalue weighted by Gasteiger charge is -2.17. The monoisotopic (exact) mass is 246 g/mol. The number of nitrogens with zero attached hydrogens (tertiary/aromatic N) is 2. The van der Waals surface area contributed by atoms with E-state index in [1.165, 1.54) is 5.56 Å². The number of hydrogen-bond donors (Lipinski definition) is 0. The first-order chi connectivity index (χ1) is 8.16. The van der Waals surface area contributed by atoms with E-state index in [2.05, 4.69) is 26.7 Å². The highest BCUT2D eigenvalue weighted by Crippen LogP contribution is 2.15. The number of carbonyl (C=O) groups excluding carboxylic acids is 1. The van der Waals surface area contributed by atoms with Crippen molar-refractivity contribution in [2.45, 2.75) is 13.5 Å². The second-order valence-corrected chi connectivity index (χ2v) is 4.73. The Hall–Kier alpha value is -1.68. The molecule has 0 spiro atoms. The van der Waals surface area contributed by atoms with Crippen molar-refractivity contribution in [2.24, 2.45) is 0 Å². The summed E-state index contributed by atoms with van der Waals surface area (Å²) in [6.45, 7) is 2.38. The summed E-state index contributed by atoms with van der Waals surface area (Å²) in [6, 6.07) is 5.79. The maximum Gasteiger partial charge on any atom is 0.161 e. The smallest absolute Gasteiger partial charge is 0.161 e. The van der Waals surface area contributed by atoms with Gasteiger partial charge in [0.15, 0.2) is 5.78 Å². The van der Waals surface area contributed by atoms with Crippen LogP contribution in [-0.2, 0) is 6.54 Å². The van der Waals surface area contributed by atoms with Gasteiger partial charge in [0, 0.05) is 25.4 Å². The maximum absolute atomic E-state index is 11.1. The van der Waals surface area contributed by atoms with E-state index >= 15 is 0 Å². The van der Waals surface area contributed by atoms with Gasteiger partial charge in [0.1, 0.15) is 5.82 Å². The van der Waals surface area contributed by atoms with Crippen LogP contribution in [0.1, 0.15) is 22.8 Å². The molecule has 17 heavy (non-hydrogen) atoms. The standard InChI is InChI=1S/C13H14N2OS/c1-10(16)12-3-4-13(14-7-12)15(2)8-11-5-6-17-9-11/h3-7,9H,8H2,1-2H3. The first-order valence-electron chi connectivity index (χ1n) is 5.36. The van der Waals surface area contributed by atoms with Crippen LogP contribution < -0.4 is 4.90 Å². The van der Waals surface area contributed by atoms with Crippen molar-refractivity contribution in [3.63, 3.8) is 0 Å². The number of anilines is 1. The molecule has 0 amide bonds. The average molecular weight is 246 g/mol. The molecule has 0 N–H and O–H groups in total. The summed E-state index contributed by atoms with van der Waals surface area (Å²) in [4.78, 5) is 17.5. The van der Waals surface area contributed by atoms with E-state index in [-0.39, 0.29) is 5.78 Å². The number of rotatable bonds is 4. The van der Waals surface area contributed by atoms with Crippen LogP contribution >= 0.6 is 11.3 Å². The number of hydrogen-bond acceptors (Lipinski definition) is 4. The summed E-state index contributed by atoms with van der Waals surface area (Å²) in [6.07, 6.45) is 1.63. The summed E-state index contributed by atoms with van der Waals surface area (Å²) >= 11 is 1.69. The number of aromatic nitrogens is 1. The topological polar surface area (TPSA) is 33.2 Å². The van der Waals surface area contributed by atoms with Gasteiger partial charge in [-0.3, -0.25) is 4.79 Å². The third-order valence-electron chi connectivity index (χ3n) is 2.55. The molecular weight excluding hydrogens is 232 g/mol. The van der Waals surface area contributed by atoms with Gasteiger partial charge in [-0.05, 0) is 41.4 Å². The Kier molecular flexibility index (Phi) is 3.54. The molecule has 2 aromatic rings. The lowest BCUT2D eigenvalue weighted by molar-refractivity contribution is 0.101. The molecular formula is C13H14N2OS. The maximum atomic E-state index is 11.1. The van der Waals surface area contributed by atoms with E-state index in [0.717, 1.165) is 12.4 Å². The number of ketones is 1. The van der Waals surface area contributed by atoms with Crippen molar-refractivity contribution in [1.29, 1.82) is 0 Å². The van der Waals surface area contributed by atoms with Crippen LogP contribution in [0.3, 0.4) is 0 Å². The van der Waals surface area contributed by atoms with Gasteiger partial charge in [0.2, 0.25) is 0 Å². The van der Waals surface area contributed by atoms with Crippen LogP contribution in [0.4, 0.5) is 5.82 Å². The van der Waals surface area contributed by atoms with E-state index in [1.807, 2.05) is 19.2 Å². The Morgan fingerprint density at radius 3 is 2.76 bits per heavy atom. The first-order valence-corrected chi connectivity index (χ1v) is 6.30. The van der Waals surface area contributed by atoms with Gasteiger partial charge in [-0.25, -0.2) is 4.98 Å². The Morgan fingerprint density at radius 1 is 1.41 bits per heavy atom. The van der Waals surface area contributed by atoms with Crippen molar-refractivity contribution in [2.75, 3.05) is 11.9 Å². The van der Waals surface area contributed by atoms with E-state index in [4.69, 9.17) is 0 Å². The minimum Gasteiger partial charge on any atom is -0.355 e. The Balaban J connectivity index is 2.09. The van der Waals surface area contributed by atoms with Gasteiger partial charge in [-0.2, -0.15) is 11.3 Å². The molecule has 3 nitrogen and oxygen atoms in total. The van der Waals surface area contributed by atoms with Gasteiger partial charge in [0.25, 0.3) is 0 Å². The second-order valence-electron chi connectivity index (χ2n) is 3.95. The fourth-order valence-electron chi connectivity index (χ4n) is 1.56. The number of thiophene rings is 1. The van der Waals surface area contributed by atoms with Crippen molar-refractivity contribution in [3.8, 4) is 0 Å². The second kappa shape index (κ2) is 5.10. The van der Waals surface area contributed by atoms with Gasteiger partial charge in [-0.1, -0.05) is 0 Å². The summed E-state index contributed by atoms with van der Waals surface area (Å²) in [7, 11) is 1.99. The molecule has 0 atom stereocenters. The average Bonchev–Trinajstić information content (AvgIpc) is 2.82. The molecule has 2 heterocycles. The summed E-state index contributed by atoms with van der Waals surface area (Å²) < 4.78 is 0. The largest absolute Gasteiger partial charge is 0.355 e. The normalized spacial score (nSPS) is 10.2. The van der Waals surface area contributed by atoms with Crippen LogP contribution in [0.5, 0.6) is 0 Å². The number of pyridine rings is 1. The minimum absolute atomic E-state index is 0.0459. The minimum atomic E-state index is 0.0459. The van der Waals surface area contributed by atoms with Crippen LogP contribution in [0.15, 0.2) is 35.2 Å². The highest BCUT2D eigenvalue weighted by molar-refractivity contribution is 7.07. The fraction of sp³-hybridized carbons (Fsp3) is 0.231. The molecule has 0 aliphatic rings. The van der Waals surface area contributed by atoms with Crippen LogP contribution in [-0.4, -0.2) is 17.8 Å². The molecule has 0 saturated carbocycles. The third kappa shape index (κ3) is 2.91. The quantitative estimate of drug-likeness (QED) is 0.778. The molecule has 0 unspecified atom stereocenters. The molecule has 0 aromatic carbocycles. The zero-order valence-electron chi connectivity index (χ0n) is 9.88. The molecule has 0 aliphatic heterocycles. The van der Waals surface area contributed by atoms with Crippen molar-refractivity contribution < 1.29 is 4.79 Å². The molecule has 0 saturated heterocycles. The van der Waals surface area contributed by atoms with Crippen molar-refractivity contribution >= 4 is 22.9 Å². The summed E-state index contributed by atoms with van der Waals surface area (Å²) in [5.41, 5.74) is 1.92. The number of Topliss-reactive ketones (excluding diaryl/α,β-unsaturated/α-hetero) is 1. The predicted octanol–water partition coefficient (Wildman–Crippen LogP) is 2.98. The Bertz CT molecular complexity index is 491. The van der Waals surface area contributed by atoms with E-state index in [0.29, 0.717) is 5.56 Å². The first kappa shape index (κ1) is 11.8. The molecule has 4 heteroatoms. The zero-order valence-corrected chi connectivity index (χ0v) is 10.7. The zero-order chi connectivity index (χ0) is 12.3. The van der Waals surface area contributed by atoms with Crippen LogP contribution in [0.2, 0.25) is 0 Å². The highest BCUT2D eigenvalue weighted by Gasteiger charge is 2.05. The molecule has 2 rings (SSSR count). The fourth-order valence-corrected chi connectivity index (χ4v) is 2.22. The summed E-state index contributed by atoms with van der Waals surface area (Å²) in [5.74, 6) is 0.922. The van der Waals surface area contributed by atoms with Gasteiger partial charge < -0.3 is 4.90 Å². The Labute approximate surface area is 105 Å². The Morgan fingerprint density at radius 2 is 2.24 bits per heavy atom. The lowest BCUT2D eigenvalue weighted by atomic mass is 10.2. The van der Waals surface area contributed by atoms with Gasteiger partial charge in [0.05, 0.1) is 0 Å². The van der Waals surface area contributed by atoms with E-state index in [1.54, 1.807) is 24.5 Å². The highest BCUT2D eigenvalue weighted by atomic mass is 32.1. The predicted molar refractivity (Wildman–Crippen MR) is 70.7 cm³/mol. The molecule has 2 aromatic heterocycles. The number of carbonyl (C=O) groups is 1. The van der Waals surface area contributed by atoms with Crippen molar-refractivity contribution in [3.05, 3.63) is 46.3 Å². The summed E-state index contributed by atoms with van der Waals surface area (Å²) in [5, 5.41) is 4.19. The van der Waals surface area contributed by atoms with Crippen LogP contribution in [0.25, 0.3) is 0 Å². The van der Waals surface area contributed by atoms with E-state index < -0.39 is 0 Å². The van der Waals surface area contributed by atoms with Gasteiger partial charge >= 0.3 is 0 Å². The third-order valence-corrected chi connectivity index (χ3v) is 3.28. The van der Waals surface area contributed by atoms with Gasteiger partial charge in [-0.15, -0.1) is 0 Å². The van der Waals surface area contributed by atoms with Crippen molar-refractivity contribution in [1.82, 2.24) is 4.98 Å². The molecule has 0 bridgehead atoms. The molecule has 88 valence electrons. The SMILES string of the molecule is CC(=O)c1ccc(N(C)Cc2ccsc2)nc1. The molecule has 0 radical (unpaired) electrons.